The number of dihydropyridines is 1. The van der Waals surface area contributed by atoms with Crippen LogP contribution in [0.4, 0.5) is 10.2 Å². The van der Waals surface area contributed by atoms with E-state index >= 15 is 0 Å². The van der Waals surface area contributed by atoms with Crippen LogP contribution >= 0.6 is 11.6 Å². The van der Waals surface area contributed by atoms with Gasteiger partial charge in [0.15, 0.2) is 17.5 Å². The molecule has 34 heavy (non-hydrogen) atoms. The van der Waals surface area contributed by atoms with Gasteiger partial charge in [0.05, 0.1) is 17.8 Å². The molecule has 1 aromatic heterocycles. The largest absolute Gasteiger partial charge is 0.367 e. The van der Waals surface area contributed by atoms with Gasteiger partial charge in [-0.15, -0.1) is 0 Å². The first-order chi connectivity index (χ1) is 16.5. The van der Waals surface area contributed by atoms with Gasteiger partial charge in [-0.2, -0.15) is 0 Å². The lowest BCUT2D eigenvalue weighted by Gasteiger charge is -2.26. The minimum absolute atomic E-state index is 0.0455. The SMILES string of the molecule is CCCC[C@@H](CN(N)c1nc(C2=CNC3NC=C(Cl)C=C23)ncc1F)NC(=O)c1ccccc1. The molecule has 4 rings (SSSR count). The van der Waals surface area contributed by atoms with E-state index in [1.807, 2.05) is 6.07 Å². The molecular weight excluding hydrogens is 457 g/mol. The Balaban J connectivity index is 1.52. The molecule has 10 heteroatoms. The quantitative estimate of drug-likeness (QED) is 0.320. The third-order valence-corrected chi connectivity index (χ3v) is 5.85. The van der Waals surface area contributed by atoms with E-state index in [0.29, 0.717) is 28.4 Å². The Morgan fingerprint density at radius 2 is 2.06 bits per heavy atom. The molecule has 3 heterocycles. The second-order valence-corrected chi connectivity index (χ2v) is 8.59. The summed E-state index contributed by atoms with van der Waals surface area (Å²) >= 11 is 6.13. The van der Waals surface area contributed by atoms with Crippen molar-refractivity contribution in [3.63, 3.8) is 0 Å². The highest BCUT2D eigenvalue weighted by Crippen LogP contribution is 2.31. The molecule has 0 spiro atoms. The summed E-state index contributed by atoms with van der Waals surface area (Å²) in [5, 5.41) is 11.1. The molecule has 1 unspecified atom stereocenters. The van der Waals surface area contributed by atoms with Gasteiger partial charge < -0.3 is 16.0 Å². The molecule has 2 aliphatic rings. The minimum atomic E-state index is -0.647. The van der Waals surface area contributed by atoms with Crippen LogP contribution in [0.2, 0.25) is 0 Å². The van der Waals surface area contributed by atoms with E-state index in [4.69, 9.17) is 17.4 Å². The number of fused-ring (bicyclic) bond motifs is 1. The number of benzene rings is 1. The molecule has 178 valence electrons. The zero-order chi connectivity index (χ0) is 24.1. The average Bonchev–Trinajstić information content (AvgIpc) is 3.26. The Bertz CT molecular complexity index is 1140. The van der Waals surface area contributed by atoms with Crippen LogP contribution in [0.25, 0.3) is 5.57 Å². The Morgan fingerprint density at radius 3 is 2.82 bits per heavy atom. The number of nitrogens with two attached hydrogens (primary N) is 1. The molecule has 1 aromatic carbocycles. The van der Waals surface area contributed by atoms with Crippen molar-refractivity contribution in [3.05, 3.63) is 82.8 Å². The standard InChI is InChI=1S/C24H27ClFN7O/c1-2-3-9-17(31-24(34)15-7-5-4-6-8-15)14-33(27)23-20(26)13-30-22(32-23)19-12-29-21-18(19)10-16(25)11-28-21/h4-8,10-13,17,21,28-29H,2-3,9,14,27H2,1H3,(H,31,34)/t17-,21?/m0/s1. The number of aromatic nitrogens is 2. The third kappa shape index (κ3) is 5.37. The number of nitrogens with zero attached hydrogens (tertiary/aromatic N) is 3. The maximum Gasteiger partial charge on any atom is 0.251 e. The van der Waals surface area contributed by atoms with Gasteiger partial charge in [0, 0.05) is 35.2 Å². The molecule has 8 nitrogen and oxygen atoms in total. The van der Waals surface area contributed by atoms with E-state index in [-0.39, 0.29) is 30.5 Å². The molecule has 0 radical (unpaired) electrons. The van der Waals surface area contributed by atoms with E-state index in [9.17, 15) is 9.18 Å². The lowest BCUT2D eigenvalue weighted by atomic mass is 10.0. The number of amides is 1. The van der Waals surface area contributed by atoms with Crippen LogP contribution in [-0.4, -0.2) is 34.6 Å². The number of carbonyl (C=O) groups is 1. The maximum absolute atomic E-state index is 14.7. The zero-order valence-corrected chi connectivity index (χ0v) is 19.5. The number of allylic oxidation sites excluding steroid dienone is 2. The minimum Gasteiger partial charge on any atom is -0.367 e. The Hall–Kier alpha value is -3.43. The Labute approximate surface area is 202 Å². The van der Waals surface area contributed by atoms with E-state index < -0.39 is 5.82 Å². The predicted molar refractivity (Wildman–Crippen MR) is 131 cm³/mol. The summed E-state index contributed by atoms with van der Waals surface area (Å²) in [6, 6.07) is 8.66. The van der Waals surface area contributed by atoms with Gasteiger partial charge in [0.1, 0.15) is 6.17 Å². The van der Waals surface area contributed by atoms with Gasteiger partial charge in [-0.05, 0) is 24.6 Å². The van der Waals surface area contributed by atoms with Gasteiger partial charge >= 0.3 is 0 Å². The second-order valence-electron chi connectivity index (χ2n) is 8.15. The van der Waals surface area contributed by atoms with Gasteiger partial charge in [-0.1, -0.05) is 49.6 Å². The normalized spacial score (nSPS) is 17.4. The monoisotopic (exact) mass is 483 g/mol. The highest BCUT2D eigenvalue weighted by Gasteiger charge is 2.28. The average molecular weight is 484 g/mol. The smallest absolute Gasteiger partial charge is 0.251 e. The molecule has 1 amide bonds. The topological polar surface area (TPSA) is 108 Å². The number of unbranched alkanes of at least 4 members (excludes halogenated alkanes) is 1. The van der Waals surface area contributed by atoms with Crippen LogP contribution < -0.4 is 26.8 Å². The van der Waals surface area contributed by atoms with Crippen LogP contribution in [0.3, 0.4) is 0 Å². The molecular formula is C24H27ClFN7O. The fourth-order valence-corrected chi connectivity index (χ4v) is 4.05. The molecule has 0 saturated carbocycles. The number of hydrogen-bond donors (Lipinski definition) is 4. The van der Waals surface area contributed by atoms with E-state index in [2.05, 4.69) is 32.8 Å². The van der Waals surface area contributed by atoms with Crippen molar-refractivity contribution in [2.24, 2.45) is 5.84 Å². The van der Waals surface area contributed by atoms with E-state index in [1.165, 1.54) is 5.01 Å². The van der Waals surface area contributed by atoms with Crippen molar-refractivity contribution in [2.45, 2.75) is 38.4 Å². The second kappa shape index (κ2) is 10.7. The fraction of sp³-hybridized carbons (Fsp3) is 0.292. The van der Waals surface area contributed by atoms with Crippen molar-refractivity contribution in [3.8, 4) is 0 Å². The fourth-order valence-electron chi connectivity index (χ4n) is 3.87. The number of rotatable bonds is 9. The lowest BCUT2D eigenvalue weighted by molar-refractivity contribution is 0.0935. The summed E-state index contributed by atoms with van der Waals surface area (Å²) in [6.07, 6.45) is 8.74. The summed E-state index contributed by atoms with van der Waals surface area (Å²) in [6.45, 7) is 2.25. The van der Waals surface area contributed by atoms with E-state index in [1.54, 1.807) is 42.7 Å². The van der Waals surface area contributed by atoms with Crippen molar-refractivity contribution >= 4 is 28.9 Å². The highest BCUT2D eigenvalue weighted by molar-refractivity contribution is 6.31. The highest BCUT2D eigenvalue weighted by atomic mass is 35.5. The summed E-state index contributed by atoms with van der Waals surface area (Å²) in [5.74, 6) is 5.69. The first kappa shape index (κ1) is 23.7. The van der Waals surface area contributed by atoms with Gasteiger partial charge in [0.25, 0.3) is 5.91 Å². The molecule has 2 aromatic rings. The van der Waals surface area contributed by atoms with Gasteiger partial charge in [-0.3, -0.25) is 9.80 Å². The van der Waals surface area contributed by atoms with Crippen LogP contribution in [0.1, 0.15) is 42.4 Å². The first-order valence-electron chi connectivity index (χ1n) is 11.2. The van der Waals surface area contributed by atoms with Crippen molar-refractivity contribution in [1.29, 1.82) is 0 Å². The number of hydrazine groups is 1. The molecule has 0 saturated heterocycles. The van der Waals surface area contributed by atoms with Crippen LogP contribution in [0, 0.1) is 5.82 Å². The van der Waals surface area contributed by atoms with Gasteiger partial charge in [-0.25, -0.2) is 20.2 Å². The molecule has 0 fully saturated rings. The third-order valence-electron chi connectivity index (χ3n) is 5.63. The van der Waals surface area contributed by atoms with Crippen LogP contribution in [0.5, 0.6) is 0 Å². The molecule has 2 atom stereocenters. The van der Waals surface area contributed by atoms with Gasteiger partial charge in [0.2, 0.25) is 0 Å². The Morgan fingerprint density at radius 1 is 1.29 bits per heavy atom. The molecule has 0 bridgehead atoms. The van der Waals surface area contributed by atoms with Crippen LogP contribution in [0.15, 0.2) is 65.6 Å². The molecule has 5 N–H and O–H groups in total. The summed E-state index contributed by atoms with van der Waals surface area (Å²) in [4.78, 5) is 21.2. The van der Waals surface area contributed by atoms with Crippen molar-refractivity contribution in [2.75, 3.05) is 11.6 Å². The number of carbonyl (C=O) groups excluding carboxylic acids is 1. The number of hydrogen-bond acceptors (Lipinski definition) is 7. The van der Waals surface area contributed by atoms with Crippen molar-refractivity contribution < 1.29 is 9.18 Å². The predicted octanol–water partition coefficient (Wildman–Crippen LogP) is 3.16. The molecule has 0 aliphatic carbocycles. The lowest BCUT2D eigenvalue weighted by Crippen LogP contribution is -2.47. The first-order valence-corrected chi connectivity index (χ1v) is 11.5. The molecule has 2 aliphatic heterocycles. The van der Waals surface area contributed by atoms with E-state index in [0.717, 1.165) is 24.6 Å². The summed E-state index contributed by atoms with van der Waals surface area (Å²) in [7, 11) is 0. The maximum atomic E-state index is 14.7. The zero-order valence-electron chi connectivity index (χ0n) is 18.8. The van der Waals surface area contributed by atoms with Crippen LogP contribution in [-0.2, 0) is 0 Å². The van der Waals surface area contributed by atoms with Crippen molar-refractivity contribution in [1.82, 2.24) is 25.9 Å². The number of nitrogens with one attached hydrogen (secondary N) is 3. The number of halogens is 2. The summed E-state index contributed by atoms with van der Waals surface area (Å²) in [5.41, 5.74) is 2.10. The Kier molecular flexibility index (Phi) is 7.44. The summed E-state index contributed by atoms with van der Waals surface area (Å²) < 4.78 is 14.7. The number of anilines is 1.